The van der Waals surface area contributed by atoms with Crippen molar-refractivity contribution in [2.45, 2.75) is 32.6 Å². The summed E-state index contributed by atoms with van der Waals surface area (Å²) in [5, 5.41) is 0.720. The molecule has 2 rings (SSSR count). The van der Waals surface area contributed by atoms with Gasteiger partial charge in [-0.1, -0.05) is 17.7 Å². The van der Waals surface area contributed by atoms with Crippen LogP contribution in [-0.4, -0.2) is 5.71 Å². The highest BCUT2D eigenvalue weighted by molar-refractivity contribution is 6.30. The minimum atomic E-state index is 0.720. The lowest BCUT2D eigenvalue weighted by molar-refractivity contribution is 0.727. The van der Waals surface area contributed by atoms with Gasteiger partial charge in [0.1, 0.15) is 0 Å². The lowest BCUT2D eigenvalue weighted by Crippen LogP contribution is -2.13. The second-order valence-electron chi connectivity index (χ2n) is 4.41. The Balaban J connectivity index is 2.34. The van der Waals surface area contributed by atoms with E-state index in [2.05, 4.69) is 4.99 Å². The smallest absolute Gasteiger partial charge is 0.0647 e. The van der Waals surface area contributed by atoms with Crippen LogP contribution in [-0.2, 0) is 0 Å². The van der Waals surface area contributed by atoms with Crippen molar-refractivity contribution in [2.75, 3.05) is 0 Å². The first-order chi connectivity index (χ1) is 8.16. The highest BCUT2D eigenvalue weighted by Crippen LogP contribution is 2.26. The van der Waals surface area contributed by atoms with Gasteiger partial charge in [0, 0.05) is 16.4 Å². The van der Waals surface area contributed by atoms with Gasteiger partial charge in [-0.15, -0.1) is 0 Å². The molecule has 1 saturated carbocycles. The molecule has 1 aromatic carbocycles. The topological polar surface area (TPSA) is 38.4 Å². The Bertz CT molecular complexity index is 471. The Morgan fingerprint density at radius 3 is 2.76 bits per heavy atom. The number of rotatable bonds is 1. The fraction of sp³-hybridized carbons (Fsp3) is 0.357. The maximum atomic E-state index is 5.96. The Hall–Kier alpha value is -1.28. The van der Waals surface area contributed by atoms with Crippen molar-refractivity contribution in [1.82, 2.24) is 0 Å². The summed E-state index contributed by atoms with van der Waals surface area (Å²) in [5.74, 6) is 0. The van der Waals surface area contributed by atoms with Gasteiger partial charge in [-0.25, -0.2) is 0 Å². The van der Waals surface area contributed by atoms with Gasteiger partial charge in [0.15, 0.2) is 0 Å². The van der Waals surface area contributed by atoms with Crippen LogP contribution in [0.4, 0.5) is 5.69 Å². The van der Waals surface area contributed by atoms with Crippen LogP contribution in [0.3, 0.4) is 0 Å². The molecule has 0 atom stereocenters. The maximum Gasteiger partial charge on any atom is 0.0647 e. The average molecular weight is 249 g/mol. The van der Waals surface area contributed by atoms with Gasteiger partial charge < -0.3 is 5.73 Å². The Kier molecular flexibility index (Phi) is 3.85. The Morgan fingerprint density at radius 1 is 1.29 bits per heavy atom. The van der Waals surface area contributed by atoms with Crippen molar-refractivity contribution >= 4 is 23.0 Å². The van der Waals surface area contributed by atoms with Gasteiger partial charge in [-0.05, 0) is 56.4 Å². The van der Waals surface area contributed by atoms with Crippen LogP contribution in [0, 0.1) is 0 Å². The summed E-state index contributed by atoms with van der Waals surface area (Å²) in [5.41, 5.74) is 10.1. The molecule has 0 bridgehead atoms. The summed E-state index contributed by atoms with van der Waals surface area (Å²) >= 11 is 5.96. The van der Waals surface area contributed by atoms with Gasteiger partial charge in [0.2, 0.25) is 0 Å². The van der Waals surface area contributed by atoms with Crippen LogP contribution in [0.1, 0.15) is 32.6 Å². The molecule has 0 heterocycles. The molecule has 2 nitrogen and oxygen atoms in total. The van der Waals surface area contributed by atoms with E-state index in [0.29, 0.717) is 0 Å². The molecule has 0 radical (unpaired) electrons. The van der Waals surface area contributed by atoms with E-state index in [4.69, 9.17) is 17.3 Å². The molecular weight excluding hydrogens is 232 g/mol. The van der Waals surface area contributed by atoms with E-state index in [1.165, 1.54) is 18.4 Å². The van der Waals surface area contributed by atoms with Crippen LogP contribution >= 0.6 is 11.6 Å². The number of hydrogen-bond acceptors (Lipinski definition) is 2. The number of hydrogen-bond donors (Lipinski definition) is 1. The number of halogens is 1. The quantitative estimate of drug-likeness (QED) is 0.794. The largest absolute Gasteiger partial charge is 0.402 e. The summed E-state index contributed by atoms with van der Waals surface area (Å²) < 4.78 is 0. The van der Waals surface area contributed by atoms with Crippen molar-refractivity contribution in [3.63, 3.8) is 0 Å². The van der Waals surface area contributed by atoms with E-state index in [0.717, 1.165) is 35.0 Å². The summed E-state index contributed by atoms with van der Waals surface area (Å²) in [7, 11) is 0. The van der Waals surface area contributed by atoms with E-state index in [1.807, 2.05) is 31.2 Å². The van der Waals surface area contributed by atoms with E-state index >= 15 is 0 Å². The van der Waals surface area contributed by atoms with Crippen molar-refractivity contribution in [2.24, 2.45) is 10.7 Å². The lowest BCUT2D eigenvalue weighted by Gasteiger charge is -2.18. The summed E-state index contributed by atoms with van der Waals surface area (Å²) in [4.78, 5) is 4.68. The number of nitrogens with zero attached hydrogens (tertiary/aromatic N) is 1. The fourth-order valence-electron chi connectivity index (χ4n) is 2.14. The standard InChI is InChI=1S/C14H17ClN2/c1-10(16)13-7-2-3-8-14(13)17-12-6-4-5-11(15)9-12/h4-6,9H,2-3,7-8,16H2,1H3/b13-10-,17-14?. The predicted octanol–water partition coefficient (Wildman–Crippen LogP) is 4.22. The van der Waals surface area contributed by atoms with Crippen LogP contribution in [0.5, 0.6) is 0 Å². The molecule has 0 aliphatic heterocycles. The molecule has 0 aromatic heterocycles. The molecule has 0 spiro atoms. The summed E-state index contributed by atoms with van der Waals surface area (Å²) in [6.45, 7) is 1.95. The summed E-state index contributed by atoms with van der Waals surface area (Å²) in [6.07, 6.45) is 4.45. The molecule has 3 heteroatoms. The van der Waals surface area contributed by atoms with E-state index in [-0.39, 0.29) is 0 Å². The van der Waals surface area contributed by atoms with Crippen molar-refractivity contribution < 1.29 is 0 Å². The van der Waals surface area contributed by atoms with Crippen molar-refractivity contribution in [1.29, 1.82) is 0 Å². The van der Waals surface area contributed by atoms with Crippen molar-refractivity contribution in [3.05, 3.63) is 40.6 Å². The molecule has 0 saturated heterocycles. The van der Waals surface area contributed by atoms with Crippen LogP contribution < -0.4 is 5.73 Å². The number of benzene rings is 1. The fourth-order valence-corrected chi connectivity index (χ4v) is 2.32. The number of nitrogens with two attached hydrogens (primary N) is 1. The maximum absolute atomic E-state index is 5.96. The molecular formula is C14H17ClN2. The molecule has 1 fully saturated rings. The normalized spacial score (nSPS) is 21.6. The van der Waals surface area contributed by atoms with E-state index in [9.17, 15) is 0 Å². The van der Waals surface area contributed by atoms with Gasteiger partial charge in [0.05, 0.1) is 5.69 Å². The Morgan fingerprint density at radius 2 is 2.06 bits per heavy atom. The van der Waals surface area contributed by atoms with Gasteiger partial charge in [-0.3, -0.25) is 4.99 Å². The van der Waals surface area contributed by atoms with E-state index < -0.39 is 0 Å². The highest BCUT2D eigenvalue weighted by Gasteiger charge is 2.14. The second kappa shape index (κ2) is 5.37. The molecule has 1 aliphatic rings. The minimum Gasteiger partial charge on any atom is -0.402 e. The Labute approximate surface area is 107 Å². The first kappa shape index (κ1) is 12.2. The predicted molar refractivity (Wildman–Crippen MR) is 73.9 cm³/mol. The molecule has 17 heavy (non-hydrogen) atoms. The number of aliphatic imine (C=N–C) groups is 1. The lowest BCUT2D eigenvalue weighted by atomic mass is 9.91. The van der Waals surface area contributed by atoms with Gasteiger partial charge in [-0.2, -0.15) is 0 Å². The third-order valence-electron chi connectivity index (χ3n) is 2.99. The third-order valence-corrected chi connectivity index (χ3v) is 3.22. The third kappa shape index (κ3) is 3.10. The highest BCUT2D eigenvalue weighted by atomic mass is 35.5. The van der Waals surface area contributed by atoms with Gasteiger partial charge in [0.25, 0.3) is 0 Å². The average Bonchev–Trinajstić information content (AvgIpc) is 2.29. The first-order valence-corrected chi connectivity index (χ1v) is 6.33. The number of allylic oxidation sites excluding steroid dienone is 2. The molecule has 0 unspecified atom stereocenters. The van der Waals surface area contributed by atoms with Crippen LogP contribution in [0.2, 0.25) is 5.02 Å². The second-order valence-corrected chi connectivity index (χ2v) is 4.84. The van der Waals surface area contributed by atoms with Crippen LogP contribution in [0.25, 0.3) is 0 Å². The zero-order chi connectivity index (χ0) is 12.3. The molecule has 1 aliphatic carbocycles. The monoisotopic (exact) mass is 248 g/mol. The van der Waals surface area contributed by atoms with E-state index in [1.54, 1.807) is 0 Å². The SMILES string of the molecule is C/C(N)=C1\CCCCC1=Nc1cccc(Cl)c1. The molecule has 0 amide bonds. The zero-order valence-electron chi connectivity index (χ0n) is 10.0. The van der Waals surface area contributed by atoms with Crippen LogP contribution in [0.15, 0.2) is 40.5 Å². The minimum absolute atomic E-state index is 0.720. The zero-order valence-corrected chi connectivity index (χ0v) is 10.8. The van der Waals surface area contributed by atoms with Crippen molar-refractivity contribution in [3.8, 4) is 0 Å². The molecule has 1 aromatic rings. The van der Waals surface area contributed by atoms with Gasteiger partial charge >= 0.3 is 0 Å². The molecule has 2 N–H and O–H groups in total. The first-order valence-electron chi connectivity index (χ1n) is 5.95. The molecule has 90 valence electrons. The summed E-state index contributed by atoms with van der Waals surface area (Å²) in [6, 6.07) is 7.63.